The second-order valence-electron chi connectivity index (χ2n) is 6.13. The second kappa shape index (κ2) is 10.0. The van der Waals surface area contributed by atoms with Crippen molar-refractivity contribution in [2.75, 3.05) is 39.7 Å². The molecule has 0 bridgehead atoms. The van der Waals surface area contributed by atoms with E-state index in [9.17, 15) is 4.79 Å². The zero-order valence-corrected chi connectivity index (χ0v) is 16.8. The molecule has 0 aliphatic heterocycles. The first-order valence-corrected chi connectivity index (χ1v) is 9.10. The van der Waals surface area contributed by atoms with Gasteiger partial charge in [-0.3, -0.25) is 0 Å². The van der Waals surface area contributed by atoms with Gasteiger partial charge < -0.3 is 25.0 Å². The first kappa shape index (κ1) is 20.9. The van der Waals surface area contributed by atoms with Gasteiger partial charge in [0.25, 0.3) is 0 Å². The van der Waals surface area contributed by atoms with Gasteiger partial charge in [-0.2, -0.15) is 0 Å². The third-order valence-corrected chi connectivity index (χ3v) is 4.41. The monoisotopic (exact) mass is 391 g/mol. The SMILES string of the molecule is CCOc1cc(NC(=O)NCC(c2ccccc2Cl)N(C)C)ccc1OC. The number of carbonyl (C=O) groups is 1. The van der Waals surface area contributed by atoms with Gasteiger partial charge in [0, 0.05) is 23.3 Å². The first-order valence-electron chi connectivity index (χ1n) is 8.72. The van der Waals surface area contributed by atoms with Gasteiger partial charge in [0.15, 0.2) is 11.5 Å². The van der Waals surface area contributed by atoms with Crippen LogP contribution in [0, 0.1) is 0 Å². The largest absolute Gasteiger partial charge is 0.493 e. The maximum atomic E-state index is 12.3. The summed E-state index contributed by atoms with van der Waals surface area (Å²) in [5, 5.41) is 6.39. The van der Waals surface area contributed by atoms with E-state index in [1.807, 2.05) is 50.2 Å². The number of anilines is 1. The van der Waals surface area contributed by atoms with Crippen LogP contribution in [0.4, 0.5) is 10.5 Å². The van der Waals surface area contributed by atoms with Crippen molar-refractivity contribution in [1.29, 1.82) is 0 Å². The molecule has 0 aromatic heterocycles. The Bertz CT molecular complexity index is 768. The molecule has 0 fully saturated rings. The van der Waals surface area contributed by atoms with Crippen molar-refractivity contribution in [1.82, 2.24) is 10.2 Å². The Balaban J connectivity index is 2.02. The van der Waals surface area contributed by atoms with Gasteiger partial charge in [-0.15, -0.1) is 0 Å². The number of carbonyl (C=O) groups excluding carboxylic acids is 1. The number of nitrogens with one attached hydrogen (secondary N) is 2. The molecule has 0 saturated heterocycles. The van der Waals surface area contributed by atoms with Gasteiger partial charge in [-0.1, -0.05) is 29.8 Å². The summed E-state index contributed by atoms with van der Waals surface area (Å²) >= 11 is 6.30. The first-order chi connectivity index (χ1) is 13.0. The molecule has 0 saturated carbocycles. The highest BCUT2D eigenvalue weighted by Gasteiger charge is 2.18. The lowest BCUT2D eigenvalue weighted by Crippen LogP contribution is -2.37. The van der Waals surface area contributed by atoms with Gasteiger partial charge >= 0.3 is 6.03 Å². The Labute approximate surface area is 165 Å². The minimum absolute atomic E-state index is 0.0423. The van der Waals surface area contributed by atoms with Gasteiger partial charge in [-0.05, 0) is 44.8 Å². The number of methoxy groups -OCH3 is 1. The van der Waals surface area contributed by atoms with Crippen molar-refractivity contribution in [2.45, 2.75) is 13.0 Å². The van der Waals surface area contributed by atoms with Gasteiger partial charge in [-0.25, -0.2) is 4.79 Å². The van der Waals surface area contributed by atoms with Crippen molar-refractivity contribution in [2.24, 2.45) is 0 Å². The molecule has 0 spiro atoms. The minimum atomic E-state index is -0.304. The predicted octanol–water partition coefficient (Wildman–Crippen LogP) is 4.17. The standard InChI is InChI=1S/C20H26ClN3O3/c1-5-27-19-12-14(10-11-18(19)26-4)23-20(25)22-13-17(24(2)3)15-8-6-7-9-16(15)21/h6-12,17H,5,13H2,1-4H3,(H2,22,23,25). The number of halogens is 1. The van der Waals surface area contributed by atoms with Gasteiger partial charge in [0.1, 0.15) is 0 Å². The third kappa shape index (κ3) is 5.77. The van der Waals surface area contributed by atoms with Gasteiger partial charge in [0.05, 0.1) is 19.8 Å². The van der Waals surface area contributed by atoms with Gasteiger partial charge in [0.2, 0.25) is 0 Å². The number of ether oxygens (including phenoxy) is 2. The number of hydrogen-bond acceptors (Lipinski definition) is 4. The number of urea groups is 1. The summed E-state index contributed by atoms with van der Waals surface area (Å²) in [6.45, 7) is 2.81. The number of rotatable bonds is 8. The van der Waals surface area contributed by atoms with Crippen LogP contribution in [0.2, 0.25) is 5.02 Å². The number of likely N-dealkylation sites (N-methyl/N-ethyl adjacent to an activating group) is 1. The highest BCUT2D eigenvalue weighted by Crippen LogP contribution is 2.30. The zero-order valence-electron chi connectivity index (χ0n) is 16.1. The molecule has 7 heteroatoms. The van der Waals surface area contributed by atoms with Crippen molar-refractivity contribution < 1.29 is 14.3 Å². The lowest BCUT2D eigenvalue weighted by molar-refractivity contribution is 0.243. The number of benzene rings is 2. The van der Waals surface area contributed by atoms with Crippen LogP contribution in [-0.2, 0) is 0 Å². The van der Waals surface area contributed by atoms with Crippen LogP contribution in [0.5, 0.6) is 11.5 Å². The van der Waals surface area contributed by atoms with Crippen LogP contribution in [0.25, 0.3) is 0 Å². The highest BCUT2D eigenvalue weighted by molar-refractivity contribution is 6.31. The summed E-state index contributed by atoms with van der Waals surface area (Å²) in [7, 11) is 5.48. The Kier molecular flexibility index (Phi) is 7.76. The molecule has 27 heavy (non-hydrogen) atoms. The Morgan fingerprint density at radius 2 is 1.93 bits per heavy atom. The van der Waals surface area contributed by atoms with E-state index in [0.29, 0.717) is 35.4 Å². The molecule has 0 aliphatic rings. The fourth-order valence-corrected chi connectivity index (χ4v) is 2.97. The third-order valence-electron chi connectivity index (χ3n) is 4.06. The molecule has 1 atom stereocenters. The van der Waals surface area contributed by atoms with Crippen molar-refractivity contribution >= 4 is 23.3 Å². The summed E-state index contributed by atoms with van der Waals surface area (Å²) in [5.41, 5.74) is 1.59. The fourth-order valence-electron chi connectivity index (χ4n) is 2.70. The van der Waals surface area contributed by atoms with Crippen molar-refractivity contribution in [3.8, 4) is 11.5 Å². The van der Waals surface area contributed by atoms with E-state index in [4.69, 9.17) is 21.1 Å². The Morgan fingerprint density at radius 1 is 1.19 bits per heavy atom. The summed E-state index contributed by atoms with van der Waals surface area (Å²) in [6, 6.07) is 12.5. The molecule has 0 aliphatic carbocycles. The average Bonchev–Trinajstić information content (AvgIpc) is 2.63. The molecule has 2 rings (SSSR count). The molecule has 1 unspecified atom stereocenters. The van der Waals surface area contributed by atoms with Crippen molar-refractivity contribution in [3.05, 3.63) is 53.1 Å². The van der Waals surface area contributed by atoms with Crippen LogP contribution in [-0.4, -0.2) is 45.3 Å². The smallest absolute Gasteiger partial charge is 0.319 e. The van der Waals surface area contributed by atoms with Crippen molar-refractivity contribution in [3.63, 3.8) is 0 Å². The normalized spacial score (nSPS) is 11.8. The number of hydrogen-bond donors (Lipinski definition) is 2. The minimum Gasteiger partial charge on any atom is -0.493 e. The van der Waals surface area contributed by atoms with E-state index in [1.54, 1.807) is 25.3 Å². The van der Waals surface area contributed by atoms with E-state index in [-0.39, 0.29) is 12.1 Å². The topological polar surface area (TPSA) is 62.8 Å². The van der Waals surface area contributed by atoms with Crippen LogP contribution in [0.15, 0.2) is 42.5 Å². The van der Waals surface area contributed by atoms with E-state index in [0.717, 1.165) is 5.56 Å². The predicted molar refractivity (Wildman–Crippen MR) is 109 cm³/mol. The Morgan fingerprint density at radius 3 is 2.56 bits per heavy atom. The number of nitrogens with zero attached hydrogens (tertiary/aromatic N) is 1. The van der Waals surface area contributed by atoms with E-state index >= 15 is 0 Å². The molecule has 2 aromatic carbocycles. The summed E-state index contributed by atoms with van der Waals surface area (Å²) < 4.78 is 10.8. The quantitative estimate of drug-likeness (QED) is 0.708. The van der Waals surface area contributed by atoms with Crippen LogP contribution in [0.1, 0.15) is 18.5 Å². The highest BCUT2D eigenvalue weighted by atomic mass is 35.5. The molecule has 0 radical (unpaired) electrons. The van der Waals surface area contributed by atoms with E-state index < -0.39 is 0 Å². The lowest BCUT2D eigenvalue weighted by Gasteiger charge is -2.26. The molecular formula is C20H26ClN3O3. The summed E-state index contributed by atoms with van der Waals surface area (Å²) in [5.74, 6) is 1.20. The van der Waals surface area contributed by atoms with E-state index in [1.165, 1.54) is 0 Å². The fraction of sp³-hybridized carbons (Fsp3) is 0.350. The molecule has 6 nitrogen and oxygen atoms in total. The lowest BCUT2D eigenvalue weighted by atomic mass is 10.1. The summed E-state index contributed by atoms with van der Waals surface area (Å²) in [4.78, 5) is 14.3. The second-order valence-corrected chi connectivity index (χ2v) is 6.54. The molecule has 0 heterocycles. The average molecular weight is 392 g/mol. The maximum absolute atomic E-state index is 12.3. The van der Waals surface area contributed by atoms with Crippen LogP contribution in [0.3, 0.4) is 0 Å². The van der Waals surface area contributed by atoms with Crippen LogP contribution < -0.4 is 20.1 Å². The zero-order chi connectivity index (χ0) is 19.8. The Hall–Kier alpha value is -2.44. The number of amides is 2. The van der Waals surface area contributed by atoms with E-state index in [2.05, 4.69) is 10.6 Å². The molecule has 146 valence electrons. The maximum Gasteiger partial charge on any atom is 0.319 e. The summed E-state index contributed by atoms with van der Waals surface area (Å²) in [6.07, 6.45) is 0. The molecule has 2 aromatic rings. The van der Waals surface area contributed by atoms with Crippen LogP contribution >= 0.6 is 11.6 Å². The molecule has 2 amide bonds. The molecular weight excluding hydrogens is 366 g/mol. The molecule has 2 N–H and O–H groups in total.